The second-order valence-corrected chi connectivity index (χ2v) is 8.12. The summed E-state index contributed by atoms with van der Waals surface area (Å²) in [6.45, 7) is 1.42. The number of amides is 1. The van der Waals surface area contributed by atoms with Gasteiger partial charge in [-0.15, -0.1) is 11.8 Å². The lowest BCUT2D eigenvalue weighted by atomic mass is 10.1. The summed E-state index contributed by atoms with van der Waals surface area (Å²) in [4.78, 5) is 18.9. The van der Waals surface area contributed by atoms with Gasteiger partial charge >= 0.3 is 0 Å². The van der Waals surface area contributed by atoms with Gasteiger partial charge in [-0.1, -0.05) is 17.4 Å². The van der Waals surface area contributed by atoms with E-state index in [1.165, 1.54) is 16.2 Å². The molecule has 0 atom stereocenters. The van der Waals surface area contributed by atoms with E-state index in [1.807, 2.05) is 29.0 Å². The first kappa shape index (κ1) is 19.0. The van der Waals surface area contributed by atoms with Crippen molar-refractivity contribution in [2.75, 3.05) is 26.8 Å². The van der Waals surface area contributed by atoms with Gasteiger partial charge in [-0.2, -0.15) is 4.99 Å². The summed E-state index contributed by atoms with van der Waals surface area (Å²) in [5.74, 6) is 1.19. The number of nitrogens with zero attached hydrogens (tertiary/aromatic N) is 2. The number of rotatable bonds is 6. The first-order chi connectivity index (χ1) is 13.7. The van der Waals surface area contributed by atoms with Crippen LogP contribution in [0.25, 0.3) is 10.2 Å². The number of ether oxygens (including phenoxy) is 3. The van der Waals surface area contributed by atoms with Gasteiger partial charge in [0.15, 0.2) is 16.3 Å². The highest BCUT2D eigenvalue weighted by Gasteiger charge is 2.15. The number of hydrogen-bond acceptors (Lipinski definition) is 6. The van der Waals surface area contributed by atoms with E-state index in [0.29, 0.717) is 29.5 Å². The molecule has 6 nitrogen and oxygen atoms in total. The number of thioether (sulfide) groups is 1. The molecule has 0 aliphatic carbocycles. The van der Waals surface area contributed by atoms with Crippen LogP contribution in [0.2, 0.25) is 0 Å². The van der Waals surface area contributed by atoms with Gasteiger partial charge in [0.1, 0.15) is 0 Å². The van der Waals surface area contributed by atoms with Gasteiger partial charge in [0.25, 0.3) is 5.91 Å². The van der Waals surface area contributed by atoms with Crippen molar-refractivity contribution in [3.8, 4) is 11.5 Å². The number of fused-ring (bicyclic) bond motifs is 2. The van der Waals surface area contributed by atoms with Gasteiger partial charge in [-0.3, -0.25) is 4.79 Å². The molecular formula is C20H20N2O4S2. The number of benzene rings is 2. The molecule has 4 rings (SSSR count). The van der Waals surface area contributed by atoms with Crippen molar-refractivity contribution in [1.29, 1.82) is 0 Å². The van der Waals surface area contributed by atoms with Crippen molar-refractivity contribution >= 4 is 39.2 Å². The molecule has 0 fully saturated rings. The summed E-state index contributed by atoms with van der Waals surface area (Å²) in [6, 6.07) is 11.8. The van der Waals surface area contributed by atoms with Crippen molar-refractivity contribution in [2.24, 2.45) is 4.99 Å². The molecule has 0 bridgehead atoms. The molecule has 8 heteroatoms. The molecular weight excluding hydrogens is 396 g/mol. The second kappa shape index (κ2) is 8.38. The zero-order valence-electron chi connectivity index (χ0n) is 15.6. The van der Waals surface area contributed by atoms with E-state index in [2.05, 4.69) is 23.2 Å². The van der Waals surface area contributed by atoms with Crippen molar-refractivity contribution in [3.05, 3.63) is 46.8 Å². The topological polar surface area (TPSA) is 62.1 Å². The fourth-order valence-electron chi connectivity index (χ4n) is 3.04. The zero-order chi connectivity index (χ0) is 19.5. The van der Waals surface area contributed by atoms with E-state index in [1.54, 1.807) is 18.9 Å². The third-order valence-corrected chi connectivity index (χ3v) is 6.19. The molecule has 1 aliphatic heterocycles. The fourth-order valence-corrected chi connectivity index (χ4v) is 4.66. The van der Waals surface area contributed by atoms with E-state index in [9.17, 15) is 4.79 Å². The maximum Gasteiger partial charge on any atom is 0.252 e. The van der Waals surface area contributed by atoms with Crippen molar-refractivity contribution in [2.45, 2.75) is 17.9 Å². The first-order valence-corrected chi connectivity index (χ1v) is 10.8. The standard InChI is InChI=1S/C20H20N2O4S2/c1-24-8-7-22-15-5-4-14(27-2)11-18(15)28-20(22)21-19(23)10-13-3-6-16-17(9-13)26-12-25-16/h3-6,9,11H,7-8,10,12H2,1-2H3. The minimum atomic E-state index is -0.193. The zero-order valence-corrected chi connectivity index (χ0v) is 17.3. The Hall–Kier alpha value is -2.29. The second-order valence-electron chi connectivity index (χ2n) is 6.23. The summed E-state index contributed by atoms with van der Waals surface area (Å²) in [5.41, 5.74) is 1.92. The molecule has 1 aromatic heterocycles. The summed E-state index contributed by atoms with van der Waals surface area (Å²) in [7, 11) is 1.67. The number of thiazole rings is 1. The molecule has 1 aliphatic rings. The third-order valence-electron chi connectivity index (χ3n) is 4.42. The Kier molecular flexibility index (Phi) is 5.70. The van der Waals surface area contributed by atoms with Gasteiger partial charge in [-0.05, 0) is 42.2 Å². The van der Waals surface area contributed by atoms with Crippen LogP contribution in [0, 0.1) is 0 Å². The van der Waals surface area contributed by atoms with Gasteiger partial charge in [0, 0.05) is 18.6 Å². The minimum Gasteiger partial charge on any atom is -0.454 e. The number of methoxy groups -OCH3 is 1. The molecule has 2 aromatic carbocycles. The molecule has 1 amide bonds. The van der Waals surface area contributed by atoms with E-state index in [-0.39, 0.29) is 19.1 Å². The Morgan fingerprint density at radius 1 is 1.25 bits per heavy atom. The van der Waals surface area contributed by atoms with Gasteiger partial charge in [0.2, 0.25) is 6.79 Å². The summed E-state index contributed by atoms with van der Waals surface area (Å²) < 4.78 is 19.1. The van der Waals surface area contributed by atoms with Crippen LogP contribution < -0.4 is 14.3 Å². The lowest BCUT2D eigenvalue weighted by molar-refractivity contribution is -0.117. The number of aromatic nitrogens is 1. The van der Waals surface area contributed by atoms with E-state index < -0.39 is 0 Å². The van der Waals surface area contributed by atoms with Crippen LogP contribution in [0.3, 0.4) is 0 Å². The molecule has 28 heavy (non-hydrogen) atoms. The molecule has 0 N–H and O–H groups in total. The van der Waals surface area contributed by atoms with Crippen LogP contribution in [0.5, 0.6) is 11.5 Å². The highest BCUT2D eigenvalue weighted by molar-refractivity contribution is 7.98. The van der Waals surface area contributed by atoms with Crippen LogP contribution in [0.15, 0.2) is 46.3 Å². The number of carbonyl (C=O) groups excluding carboxylic acids is 1. The first-order valence-electron chi connectivity index (χ1n) is 8.80. The highest BCUT2D eigenvalue weighted by Crippen LogP contribution is 2.32. The van der Waals surface area contributed by atoms with Crippen LogP contribution >= 0.6 is 23.1 Å². The minimum absolute atomic E-state index is 0.193. The molecule has 0 unspecified atom stereocenters. The lowest BCUT2D eigenvalue weighted by Crippen LogP contribution is -2.19. The Morgan fingerprint density at radius 2 is 2.11 bits per heavy atom. The number of hydrogen-bond donors (Lipinski definition) is 0. The van der Waals surface area contributed by atoms with Crippen LogP contribution in [-0.4, -0.2) is 37.2 Å². The third kappa shape index (κ3) is 3.94. The Labute approximate surface area is 170 Å². The fraction of sp³-hybridized carbons (Fsp3) is 0.300. The van der Waals surface area contributed by atoms with Crippen molar-refractivity contribution in [3.63, 3.8) is 0 Å². The Balaban J connectivity index is 1.65. The maximum atomic E-state index is 12.6. The molecule has 146 valence electrons. The quantitative estimate of drug-likeness (QED) is 0.576. The molecule has 0 spiro atoms. The average Bonchev–Trinajstić information content (AvgIpc) is 3.29. The van der Waals surface area contributed by atoms with Crippen LogP contribution in [0.1, 0.15) is 5.56 Å². The Bertz CT molecular complexity index is 1090. The Morgan fingerprint density at radius 3 is 2.93 bits per heavy atom. The van der Waals surface area contributed by atoms with Crippen LogP contribution in [-0.2, 0) is 22.5 Å². The SMILES string of the molecule is COCCn1c(=NC(=O)Cc2ccc3c(c2)OCO3)sc2cc(SC)ccc21. The molecule has 3 aromatic rings. The number of carbonyl (C=O) groups is 1. The predicted octanol–water partition coefficient (Wildman–Crippen LogP) is 3.47. The molecule has 0 saturated heterocycles. The molecule has 2 heterocycles. The van der Waals surface area contributed by atoms with Crippen molar-refractivity contribution in [1.82, 2.24) is 4.57 Å². The lowest BCUT2D eigenvalue weighted by Gasteiger charge is -2.05. The van der Waals surface area contributed by atoms with E-state index in [4.69, 9.17) is 14.2 Å². The molecule has 0 saturated carbocycles. The summed E-state index contributed by atoms with van der Waals surface area (Å²) in [6.07, 6.45) is 2.26. The van der Waals surface area contributed by atoms with Gasteiger partial charge in [-0.25, -0.2) is 0 Å². The van der Waals surface area contributed by atoms with Crippen molar-refractivity contribution < 1.29 is 19.0 Å². The van der Waals surface area contributed by atoms with Gasteiger partial charge < -0.3 is 18.8 Å². The van der Waals surface area contributed by atoms with Crippen LogP contribution in [0.4, 0.5) is 0 Å². The van der Waals surface area contributed by atoms with E-state index >= 15 is 0 Å². The smallest absolute Gasteiger partial charge is 0.252 e. The summed E-state index contributed by atoms with van der Waals surface area (Å²) >= 11 is 3.22. The van der Waals surface area contributed by atoms with E-state index in [0.717, 1.165) is 15.8 Å². The predicted molar refractivity (Wildman–Crippen MR) is 110 cm³/mol. The monoisotopic (exact) mass is 416 g/mol. The molecule has 0 radical (unpaired) electrons. The largest absolute Gasteiger partial charge is 0.454 e. The average molecular weight is 417 g/mol. The normalized spacial score (nSPS) is 13.4. The summed E-state index contributed by atoms with van der Waals surface area (Å²) in [5, 5.41) is 0. The van der Waals surface area contributed by atoms with Gasteiger partial charge in [0.05, 0.1) is 23.2 Å². The highest BCUT2D eigenvalue weighted by atomic mass is 32.2. The maximum absolute atomic E-state index is 12.6.